The molecule has 0 aliphatic carbocycles. The topological polar surface area (TPSA) is 33.3 Å². The molecule has 102 valence electrons. The summed E-state index contributed by atoms with van der Waals surface area (Å²) in [6.45, 7) is 7.32. The zero-order valence-electron chi connectivity index (χ0n) is 11.2. The Bertz CT molecular complexity index is 334. The maximum atomic E-state index is 5.87. The predicted octanol–water partition coefficient (Wildman–Crippen LogP) is 2.30. The first kappa shape index (κ1) is 14.0. The highest BCUT2D eigenvalue weighted by atomic mass is 32.1. The fourth-order valence-electron chi connectivity index (χ4n) is 2.20. The van der Waals surface area contributed by atoms with E-state index in [1.807, 2.05) is 0 Å². The summed E-state index contributed by atoms with van der Waals surface area (Å²) in [6, 6.07) is 0. The van der Waals surface area contributed by atoms with Crippen molar-refractivity contribution in [2.75, 3.05) is 26.2 Å². The van der Waals surface area contributed by atoms with Crippen LogP contribution in [0, 0.1) is 6.92 Å². The second-order valence-corrected chi connectivity index (χ2v) is 5.67. The van der Waals surface area contributed by atoms with Gasteiger partial charge < -0.3 is 15.4 Å². The molecule has 1 saturated heterocycles. The van der Waals surface area contributed by atoms with Crippen molar-refractivity contribution in [3.8, 4) is 0 Å². The molecular formula is C14H24N2OS. The Morgan fingerprint density at radius 3 is 2.94 bits per heavy atom. The third-order valence-corrected chi connectivity index (χ3v) is 4.32. The smallest absolute Gasteiger partial charge is 0.0599 e. The number of nitrogens with one attached hydrogen (secondary N) is 2. The van der Waals surface area contributed by atoms with Gasteiger partial charge in [-0.3, -0.25) is 0 Å². The highest BCUT2D eigenvalue weighted by molar-refractivity contribution is 7.08. The third-order valence-electron chi connectivity index (χ3n) is 3.41. The van der Waals surface area contributed by atoms with E-state index in [0.29, 0.717) is 6.10 Å². The molecule has 1 fully saturated rings. The fourth-order valence-corrected chi connectivity index (χ4v) is 3.06. The summed E-state index contributed by atoms with van der Waals surface area (Å²) in [7, 11) is 0. The molecule has 0 aromatic carbocycles. The Kier molecular flexibility index (Phi) is 6.14. The van der Waals surface area contributed by atoms with E-state index < -0.39 is 0 Å². The zero-order chi connectivity index (χ0) is 12.6. The summed E-state index contributed by atoms with van der Waals surface area (Å²) in [6.07, 6.45) is 3.93. The molecule has 0 atom stereocenters. The van der Waals surface area contributed by atoms with Crippen molar-refractivity contribution in [2.45, 2.75) is 38.8 Å². The lowest BCUT2D eigenvalue weighted by Gasteiger charge is -2.22. The highest BCUT2D eigenvalue weighted by Gasteiger charge is 2.12. The molecule has 4 heteroatoms. The number of rotatable bonds is 7. The van der Waals surface area contributed by atoms with Crippen LogP contribution in [0.3, 0.4) is 0 Å². The highest BCUT2D eigenvalue weighted by Crippen LogP contribution is 2.13. The van der Waals surface area contributed by atoms with Gasteiger partial charge >= 0.3 is 0 Å². The first-order valence-electron chi connectivity index (χ1n) is 6.91. The summed E-state index contributed by atoms with van der Waals surface area (Å²) in [4.78, 5) is 0. The van der Waals surface area contributed by atoms with Gasteiger partial charge in [0.1, 0.15) is 0 Å². The Labute approximate surface area is 114 Å². The van der Waals surface area contributed by atoms with E-state index in [1.165, 1.54) is 24.0 Å². The molecule has 2 rings (SSSR count). The van der Waals surface area contributed by atoms with Crippen LogP contribution < -0.4 is 10.6 Å². The number of aryl methyl sites for hydroxylation is 1. The van der Waals surface area contributed by atoms with Crippen molar-refractivity contribution in [3.05, 3.63) is 21.9 Å². The lowest BCUT2D eigenvalue weighted by molar-refractivity contribution is 0.0317. The fraction of sp³-hybridized carbons (Fsp3) is 0.714. The summed E-state index contributed by atoms with van der Waals surface area (Å²) in [5.74, 6) is 0. The summed E-state index contributed by atoms with van der Waals surface area (Å²) in [5, 5.41) is 11.3. The van der Waals surface area contributed by atoms with Crippen LogP contribution >= 0.6 is 11.3 Å². The summed E-state index contributed by atoms with van der Waals surface area (Å²) in [5.41, 5.74) is 2.83. The van der Waals surface area contributed by atoms with Crippen LogP contribution in [-0.4, -0.2) is 32.3 Å². The lowest BCUT2D eigenvalue weighted by atomic mass is 10.1. The van der Waals surface area contributed by atoms with Gasteiger partial charge in [0, 0.05) is 13.2 Å². The lowest BCUT2D eigenvalue weighted by Crippen LogP contribution is -2.32. The molecule has 3 nitrogen and oxygen atoms in total. The number of thiophene rings is 1. The van der Waals surface area contributed by atoms with Crippen molar-refractivity contribution in [2.24, 2.45) is 0 Å². The molecule has 0 radical (unpaired) electrons. The van der Waals surface area contributed by atoms with E-state index in [4.69, 9.17) is 4.74 Å². The number of piperidine rings is 1. The summed E-state index contributed by atoms with van der Waals surface area (Å²) < 4.78 is 5.87. The molecule has 1 aliphatic heterocycles. The molecule has 1 aliphatic rings. The van der Waals surface area contributed by atoms with Crippen LogP contribution in [-0.2, 0) is 11.3 Å². The molecule has 0 saturated carbocycles. The van der Waals surface area contributed by atoms with Crippen LogP contribution in [0.2, 0.25) is 0 Å². The molecule has 0 spiro atoms. The molecule has 2 heterocycles. The number of hydrogen-bond donors (Lipinski definition) is 2. The van der Waals surface area contributed by atoms with Gasteiger partial charge in [-0.25, -0.2) is 0 Å². The van der Waals surface area contributed by atoms with Crippen molar-refractivity contribution in [1.29, 1.82) is 0 Å². The molecule has 0 unspecified atom stereocenters. The maximum Gasteiger partial charge on any atom is 0.0599 e. The van der Waals surface area contributed by atoms with Crippen molar-refractivity contribution >= 4 is 11.3 Å². The van der Waals surface area contributed by atoms with Gasteiger partial charge in [0.05, 0.1) is 6.10 Å². The van der Waals surface area contributed by atoms with Crippen LogP contribution in [0.25, 0.3) is 0 Å². The predicted molar refractivity (Wildman–Crippen MR) is 77.2 cm³/mol. The molecular weight excluding hydrogens is 244 g/mol. The minimum atomic E-state index is 0.491. The van der Waals surface area contributed by atoms with Gasteiger partial charge in [-0.1, -0.05) is 0 Å². The standard InChI is InChI=1S/C14H24N2OS/c1-12-10-18-11-13(12)9-16-5-2-8-17-14-3-6-15-7-4-14/h10-11,14-16H,2-9H2,1H3. The van der Waals surface area contributed by atoms with E-state index in [1.54, 1.807) is 11.3 Å². The first-order chi connectivity index (χ1) is 8.86. The van der Waals surface area contributed by atoms with Crippen molar-refractivity contribution < 1.29 is 4.74 Å². The molecule has 18 heavy (non-hydrogen) atoms. The van der Waals surface area contributed by atoms with Crippen LogP contribution in [0.4, 0.5) is 0 Å². The first-order valence-corrected chi connectivity index (χ1v) is 7.85. The Balaban J connectivity index is 1.47. The van der Waals surface area contributed by atoms with Crippen molar-refractivity contribution in [3.63, 3.8) is 0 Å². The molecule has 2 N–H and O–H groups in total. The Hall–Kier alpha value is -0.420. The minimum Gasteiger partial charge on any atom is -0.378 e. The van der Waals surface area contributed by atoms with Gasteiger partial charge in [-0.15, -0.1) is 0 Å². The van der Waals surface area contributed by atoms with E-state index in [2.05, 4.69) is 28.3 Å². The largest absolute Gasteiger partial charge is 0.378 e. The van der Waals surface area contributed by atoms with E-state index >= 15 is 0 Å². The van der Waals surface area contributed by atoms with Crippen molar-refractivity contribution in [1.82, 2.24) is 10.6 Å². The van der Waals surface area contributed by atoms with Gasteiger partial charge in [0.25, 0.3) is 0 Å². The van der Waals surface area contributed by atoms with Gasteiger partial charge in [-0.2, -0.15) is 11.3 Å². The van der Waals surface area contributed by atoms with E-state index in [9.17, 15) is 0 Å². The molecule has 1 aromatic heterocycles. The van der Waals surface area contributed by atoms with Crippen LogP contribution in [0.15, 0.2) is 10.8 Å². The SMILES string of the molecule is Cc1cscc1CNCCCOC1CCNCC1. The average molecular weight is 268 g/mol. The normalized spacial score (nSPS) is 17.2. The third kappa shape index (κ3) is 4.69. The average Bonchev–Trinajstić information content (AvgIpc) is 2.81. The van der Waals surface area contributed by atoms with Gasteiger partial charge in [-0.05, 0) is 67.7 Å². The summed E-state index contributed by atoms with van der Waals surface area (Å²) >= 11 is 1.78. The maximum absolute atomic E-state index is 5.87. The minimum absolute atomic E-state index is 0.491. The van der Waals surface area contributed by atoms with E-state index in [-0.39, 0.29) is 0 Å². The van der Waals surface area contributed by atoms with Crippen LogP contribution in [0.5, 0.6) is 0 Å². The molecule has 1 aromatic rings. The molecule has 0 amide bonds. The monoisotopic (exact) mass is 268 g/mol. The number of hydrogen-bond acceptors (Lipinski definition) is 4. The quantitative estimate of drug-likeness (QED) is 0.745. The Morgan fingerprint density at radius 2 is 2.22 bits per heavy atom. The second-order valence-electron chi connectivity index (χ2n) is 4.93. The van der Waals surface area contributed by atoms with Crippen LogP contribution in [0.1, 0.15) is 30.4 Å². The Morgan fingerprint density at radius 1 is 1.39 bits per heavy atom. The molecule has 0 bridgehead atoms. The van der Waals surface area contributed by atoms with Gasteiger partial charge in [0.2, 0.25) is 0 Å². The van der Waals surface area contributed by atoms with Gasteiger partial charge in [0.15, 0.2) is 0 Å². The second kappa shape index (κ2) is 7.89. The van der Waals surface area contributed by atoms with E-state index in [0.717, 1.165) is 39.2 Å². The zero-order valence-corrected chi connectivity index (χ0v) is 12.0. The number of ether oxygens (including phenoxy) is 1.